The third-order valence-electron chi connectivity index (χ3n) is 4.46. The molecule has 0 unspecified atom stereocenters. The summed E-state index contributed by atoms with van der Waals surface area (Å²) in [5, 5.41) is 33.2. The predicted octanol–water partition coefficient (Wildman–Crippen LogP) is 0.928. The van der Waals surface area contributed by atoms with Crippen molar-refractivity contribution >= 4 is 28.7 Å². The minimum absolute atomic E-state index is 0.385. The van der Waals surface area contributed by atoms with Crippen LogP contribution >= 0.6 is 11.8 Å². The third-order valence-corrected chi connectivity index (χ3v) is 5.40. The minimum atomic E-state index is -1.19. The van der Waals surface area contributed by atoms with E-state index < -0.39 is 24.5 Å². The standard InChI is InChI=1S/C17H25N5O4S/c1-3-4-5-6-7-27-17-20-14(18-2)11-15(21-17)22(9-19-11)16-13(25)12(24)10(8-23)26-16/h3,9-10,12-13,16,23-25H,1,4-8H2,2H3,(H,18,20,21)/t10-,12-,13-,16-/m1/s1. The Kier molecular flexibility index (Phi) is 6.66. The Hall–Kier alpha value is -1.72. The maximum absolute atomic E-state index is 10.3. The van der Waals surface area contributed by atoms with Crippen LogP contribution in [-0.4, -0.2) is 72.6 Å². The molecule has 2 aromatic rings. The summed E-state index contributed by atoms with van der Waals surface area (Å²) >= 11 is 1.55. The summed E-state index contributed by atoms with van der Waals surface area (Å²) in [5.74, 6) is 1.46. The van der Waals surface area contributed by atoms with Crippen molar-refractivity contribution in [3.63, 3.8) is 0 Å². The second-order valence-corrected chi connectivity index (χ2v) is 7.35. The summed E-state index contributed by atoms with van der Waals surface area (Å²) in [6, 6.07) is 0. The van der Waals surface area contributed by atoms with Gasteiger partial charge in [-0.2, -0.15) is 0 Å². The van der Waals surface area contributed by atoms with Gasteiger partial charge in [0.05, 0.1) is 12.9 Å². The Bertz CT molecular complexity index is 786. The molecule has 0 aliphatic carbocycles. The van der Waals surface area contributed by atoms with Gasteiger partial charge >= 0.3 is 0 Å². The van der Waals surface area contributed by atoms with Gasteiger partial charge in [-0.25, -0.2) is 15.0 Å². The number of hydrogen-bond acceptors (Lipinski definition) is 9. The summed E-state index contributed by atoms with van der Waals surface area (Å²) in [6.45, 7) is 3.34. The first-order valence-electron chi connectivity index (χ1n) is 8.89. The van der Waals surface area contributed by atoms with Gasteiger partial charge in [0.15, 0.2) is 28.4 Å². The van der Waals surface area contributed by atoms with Crippen molar-refractivity contribution in [1.29, 1.82) is 0 Å². The molecule has 3 rings (SSSR count). The highest BCUT2D eigenvalue weighted by atomic mass is 32.2. The van der Waals surface area contributed by atoms with Crippen molar-refractivity contribution in [2.75, 3.05) is 24.7 Å². The van der Waals surface area contributed by atoms with E-state index in [1.807, 2.05) is 6.08 Å². The smallest absolute Gasteiger partial charge is 0.191 e. The van der Waals surface area contributed by atoms with Crippen molar-refractivity contribution in [2.45, 2.75) is 49.0 Å². The van der Waals surface area contributed by atoms with Gasteiger partial charge in [-0.05, 0) is 19.3 Å². The highest BCUT2D eigenvalue weighted by molar-refractivity contribution is 7.99. The number of aliphatic hydroxyl groups is 3. The normalized spacial score (nSPS) is 25.2. The summed E-state index contributed by atoms with van der Waals surface area (Å²) in [6.07, 6.45) is 2.38. The monoisotopic (exact) mass is 395 g/mol. The average molecular weight is 395 g/mol. The van der Waals surface area contributed by atoms with Gasteiger partial charge in [0.1, 0.15) is 18.3 Å². The first-order chi connectivity index (χ1) is 13.1. The first-order valence-corrected chi connectivity index (χ1v) is 9.87. The molecule has 4 N–H and O–H groups in total. The summed E-state index contributed by atoms with van der Waals surface area (Å²) in [7, 11) is 1.76. The van der Waals surface area contributed by atoms with E-state index in [1.54, 1.807) is 23.4 Å². The zero-order valence-corrected chi connectivity index (χ0v) is 16.0. The molecule has 4 atom stereocenters. The van der Waals surface area contributed by atoms with Gasteiger partial charge in [-0.15, -0.1) is 6.58 Å². The van der Waals surface area contributed by atoms with Crippen molar-refractivity contribution in [2.24, 2.45) is 0 Å². The number of fused-ring (bicyclic) bond motifs is 1. The van der Waals surface area contributed by atoms with Crippen LogP contribution in [0.2, 0.25) is 0 Å². The lowest BCUT2D eigenvalue weighted by Gasteiger charge is -2.16. The number of rotatable bonds is 9. The lowest BCUT2D eigenvalue weighted by atomic mass is 10.1. The van der Waals surface area contributed by atoms with E-state index in [1.165, 1.54) is 6.33 Å². The summed E-state index contributed by atoms with van der Waals surface area (Å²) in [4.78, 5) is 13.4. The van der Waals surface area contributed by atoms with Gasteiger partial charge in [0.25, 0.3) is 0 Å². The molecule has 2 aromatic heterocycles. The Morgan fingerprint density at radius 1 is 1.33 bits per heavy atom. The lowest BCUT2D eigenvalue weighted by Crippen LogP contribution is -2.33. The van der Waals surface area contributed by atoms with E-state index in [4.69, 9.17) is 4.74 Å². The number of unbranched alkanes of at least 4 members (excludes halogenated alkanes) is 2. The molecule has 0 bridgehead atoms. The van der Waals surface area contributed by atoms with Crippen LogP contribution < -0.4 is 5.32 Å². The molecule has 0 spiro atoms. The van der Waals surface area contributed by atoms with Crippen LogP contribution in [0.15, 0.2) is 24.1 Å². The van der Waals surface area contributed by atoms with Crippen molar-refractivity contribution in [3.05, 3.63) is 19.0 Å². The van der Waals surface area contributed by atoms with Crippen LogP contribution in [0.25, 0.3) is 11.2 Å². The predicted molar refractivity (Wildman–Crippen MR) is 103 cm³/mol. The first kappa shape index (κ1) is 20.0. The van der Waals surface area contributed by atoms with E-state index in [0.717, 1.165) is 25.0 Å². The molecule has 1 aliphatic rings. The SMILES string of the molecule is C=CCCCCSc1nc(NC)c2ncn([C@@H]3O[C@H](CO)[C@@H](O)[C@H]3O)c2n1. The van der Waals surface area contributed by atoms with Gasteiger partial charge < -0.3 is 25.4 Å². The summed E-state index contributed by atoms with van der Waals surface area (Å²) in [5.41, 5.74) is 1.05. The van der Waals surface area contributed by atoms with E-state index in [-0.39, 0.29) is 6.61 Å². The molecule has 27 heavy (non-hydrogen) atoms. The Balaban J connectivity index is 1.86. The van der Waals surface area contributed by atoms with E-state index in [2.05, 4.69) is 26.8 Å². The minimum Gasteiger partial charge on any atom is -0.394 e. The lowest BCUT2D eigenvalue weighted by molar-refractivity contribution is -0.0511. The van der Waals surface area contributed by atoms with E-state index in [0.29, 0.717) is 22.1 Å². The molecule has 1 saturated heterocycles. The maximum atomic E-state index is 10.3. The third kappa shape index (κ3) is 4.09. The highest BCUT2D eigenvalue weighted by Gasteiger charge is 2.44. The zero-order chi connectivity index (χ0) is 19.4. The topological polar surface area (TPSA) is 126 Å². The molecule has 0 radical (unpaired) electrons. The van der Waals surface area contributed by atoms with Crippen molar-refractivity contribution in [3.8, 4) is 0 Å². The molecular weight excluding hydrogens is 370 g/mol. The van der Waals surface area contributed by atoms with Gasteiger partial charge in [-0.3, -0.25) is 4.57 Å². The molecule has 1 aliphatic heterocycles. The fourth-order valence-electron chi connectivity index (χ4n) is 2.99. The number of nitrogens with zero attached hydrogens (tertiary/aromatic N) is 4. The van der Waals surface area contributed by atoms with Crippen molar-refractivity contribution in [1.82, 2.24) is 19.5 Å². The van der Waals surface area contributed by atoms with E-state index in [9.17, 15) is 15.3 Å². The van der Waals surface area contributed by atoms with Gasteiger partial charge in [0, 0.05) is 12.8 Å². The second-order valence-electron chi connectivity index (χ2n) is 6.29. The largest absolute Gasteiger partial charge is 0.394 e. The fourth-order valence-corrected chi connectivity index (χ4v) is 3.82. The quantitative estimate of drug-likeness (QED) is 0.212. The van der Waals surface area contributed by atoms with Gasteiger partial charge in [0.2, 0.25) is 0 Å². The number of aliphatic hydroxyl groups excluding tert-OH is 3. The molecule has 0 aromatic carbocycles. The van der Waals surface area contributed by atoms with Crippen LogP contribution in [-0.2, 0) is 4.74 Å². The van der Waals surface area contributed by atoms with Gasteiger partial charge in [-0.1, -0.05) is 17.8 Å². The molecular formula is C17H25N5O4S. The van der Waals surface area contributed by atoms with Crippen LogP contribution in [0, 0.1) is 0 Å². The van der Waals surface area contributed by atoms with E-state index >= 15 is 0 Å². The molecule has 1 fully saturated rings. The molecule has 3 heterocycles. The molecule has 0 amide bonds. The molecule has 148 valence electrons. The van der Waals surface area contributed by atoms with Crippen LogP contribution in [0.1, 0.15) is 25.5 Å². The Morgan fingerprint density at radius 2 is 2.15 bits per heavy atom. The van der Waals surface area contributed by atoms with Crippen LogP contribution in [0.5, 0.6) is 0 Å². The molecule has 9 nitrogen and oxygen atoms in total. The Morgan fingerprint density at radius 3 is 2.81 bits per heavy atom. The van der Waals surface area contributed by atoms with Crippen LogP contribution in [0.3, 0.4) is 0 Å². The number of hydrogen-bond donors (Lipinski definition) is 4. The number of allylic oxidation sites excluding steroid dienone is 1. The molecule has 0 saturated carbocycles. The highest BCUT2D eigenvalue weighted by Crippen LogP contribution is 2.33. The fraction of sp³-hybridized carbons (Fsp3) is 0.588. The zero-order valence-electron chi connectivity index (χ0n) is 15.2. The Labute approximate surface area is 161 Å². The average Bonchev–Trinajstić information content (AvgIpc) is 3.22. The number of aromatic nitrogens is 4. The second kappa shape index (κ2) is 8.98. The number of thioether (sulfide) groups is 1. The number of nitrogens with one attached hydrogen (secondary N) is 1. The summed E-state index contributed by atoms with van der Waals surface area (Å²) < 4.78 is 7.17. The maximum Gasteiger partial charge on any atom is 0.191 e. The molecule has 10 heteroatoms. The number of ether oxygens (including phenoxy) is 1. The van der Waals surface area contributed by atoms with Crippen LogP contribution in [0.4, 0.5) is 5.82 Å². The number of imidazole rings is 1. The van der Waals surface area contributed by atoms with Crippen molar-refractivity contribution < 1.29 is 20.1 Å². The number of anilines is 1.